The highest BCUT2D eigenvalue weighted by Gasteiger charge is 2.24. The molecule has 1 aromatic carbocycles. The number of nitrogens with two attached hydrogens (primary N) is 1. The molecule has 10 heteroatoms. The van der Waals surface area contributed by atoms with Crippen LogP contribution in [0.5, 0.6) is 0 Å². The number of pyridine rings is 2. The number of carbonyl (C=O) groups is 1. The predicted molar refractivity (Wildman–Crippen MR) is 128 cm³/mol. The molecule has 5 aromatic rings. The third kappa shape index (κ3) is 3.58. The number of aromatic amines is 2. The standard InChI is InChI=1S/C24H23N9O/c25-33(17-3-6-26-7-4-17)24(34)16-9-15(11-28-12-16)14-1-2-19-18(10-14)22(32-31-19)23-29-20-5-8-27-13-21(20)30-23/h1-2,5,8-13,17,26H,3-4,6-7,25H2,(H,29,30)(H,31,32). The summed E-state index contributed by atoms with van der Waals surface area (Å²) in [6.07, 6.45) is 8.45. The number of rotatable bonds is 4. The van der Waals surface area contributed by atoms with Crippen LogP contribution < -0.4 is 11.2 Å². The molecule has 1 amide bonds. The SMILES string of the molecule is NN(C(=O)c1cncc(-c2ccc3[nH]nc(-c4nc5ccncc5[nH]4)c3c2)c1)C1CCNCC1. The first kappa shape index (κ1) is 20.5. The highest BCUT2D eigenvalue weighted by Crippen LogP contribution is 2.30. The van der Waals surface area contributed by atoms with Crippen molar-refractivity contribution in [1.29, 1.82) is 0 Å². The van der Waals surface area contributed by atoms with E-state index in [1.807, 2.05) is 30.3 Å². The van der Waals surface area contributed by atoms with Gasteiger partial charge in [-0.1, -0.05) is 6.07 Å². The largest absolute Gasteiger partial charge is 0.335 e. The number of fused-ring (bicyclic) bond motifs is 2. The molecule has 1 fully saturated rings. The van der Waals surface area contributed by atoms with E-state index in [9.17, 15) is 4.79 Å². The zero-order valence-corrected chi connectivity index (χ0v) is 18.3. The molecule has 0 atom stereocenters. The first-order valence-corrected chi connectivity index (χ1v) is 11.2. The van der Waals surface area contributed by atoms with Crippen molar-refractivity contribution in [3.63, 3.8) is 0 Å². The van der Waals surface area contributed by atoms with E-state index in [1.54, 1.807) is 24.8 Å². The van der Waals surface area contributed by atoms with E-state index in [0.29, 0.717) is 17.1 Å². The molecule has 0 bridgehead atoms. The summed E-state index contributed by atoms with van der Waals surface area (Å²) in [4.78, 5) is 29.4. The summed E-state index contributed by atoms with van der Waals surface area (Å²) in [7, 11) is 0. The molecular formula is C24H23N9O. The lowest BCUT2D eigenvalue weighted by molar-refractivity contribution is 0.0642. The molecule has 6 rings (SSSR count). The van der Waals surface area contributed by atoms with Crippen LogP contribution in [-0.4, -0.2) is 60.2 Å². The Bertz CT molecular complexity index is 1470. The Balaban J connectivity index is 1.34. The number of H-pyrrole nitrogens is 2. The minimum atomic E-state index is -0.220. The molecular weight excluding hydrogens is 430 g/mol. The number of benzene rings is 1. The molecule has 5 N–H and O–H groups in total. The van der Waals surface area contributed by atoms with Crippen LogP contribution in [0.15, 0.2) is 55.1 Å². The van der Waals surface area contributed by atoms with E-state index < -0.39 is 0 Å². The molecule has 1 aliphatic heterocycles. The van der Waals surface area contributed by atoms with E-state index in [0.717, 1.165) is 59.0 Å². The first-order valence-electron chi connectivity index (χ1n) is 11.2. The fourth-order valence-electron chi connectivity index (χ4n) is 4.46. The number of aromatic nitrogens is 6. The third-order valence-corrected chi connectivity index (χ3v) is 6.33. The lowest BCUT2D eigenvalue weighted by Gasteiger charge is -2.30. The molecule has 0 unspecified atom stereocenters. The monoisotopic (exact) mass is 453 g/mol. The van der Waals surface area contributed by atoms with Gasteiger partial charge in [0.25, 0.3) is 5.91 Å². The van der Waals surface area contributed by atoms with Gasteiger partial charge in [0.1, 0.15) is 5.69 Å². The fourth-order valence-corrected chi connectivity index (χ4v) is 4.46. The Labute approximate surface area is 194 Å². The summed E-state index contributed by atoms with van der Waals surface area (Å²) in [5, 5.41) is 13.1. The van der Waals surface area contributed by atoms with Crippen molar-refractivity contribution in [2.75, 3.05) is 13.1 Å². The second-order valence-electron chi connectivity index (χ2n) is 8.47. The predicted octanol–water partition coefficient (Wildman–Crippen LogP) is 2.63. The summed E-state index contributed by atoms with van der Waals surface area (Å²) in [5.41, 5.74) is 5.49. The maximum absolute atomic E-state index is 13.0. The maximum atomic E-state index is 13.0. The summed E-state index contributed by atoms with van der Waals surface area (Å²) < 4.78 is 0. The number of nitrogens with zero attached hydrogens (tertiary/aromatic N) is 5. The third-order valence-electron chi connectivity index (χ3n) is 6.33. The highest BCUT2D eigenvalue weighted by atomic mass is 16.2. The topological polar surface area (TPSA) is 142 Å². The van der Waals surface area contributed by atoms with E-state index in [2.05, 4.69) is 35.5 Å². The van der Waals surface area contributed by atoms with Crippen molar-refractivity contribution in [2.45, 2.75) is 18.9 Å². The Morgan fingerprint density at radius 2 is 1.88 bits per heavy atom. The van der Waals surface area contributed by atoms with Crippen LogP contribution in [0.2, 0.25) is 0 Å². The van der Waals surface area contributed by atoms with E-state index in [-0.39, 0.29) is 11.9 Å². The Morgan fingerprint density at radius 1 is 1.00 bits per heavy atom. The highest BCUT2D eigenvalue weighted by molar-refractivity contribution is 5.97. The lowest BCUT2D eigenvalue weighted by Crippen LogP contribution is -2.50. The smallest absolute Gasteiger partial charge is 0.269 e. The van der Waals surface area contributed by atoms with Gasteiger partial charge in [0, 0.05) is 29.5 Å². The van der Waals surface area contributed by atoms with Crippen LogP contribution >= 0.6 is 0 Å². The van der Waals surface area contributed by atoms with Crippen molar-refractivity contribution >= 4 is 27.8 Å². The van der Waals surface area contributed by atoms with Crippen molar-refractivity contribution in [1.82, 2.24) is 40.5 Å². The molecule has 0 spiro atoms. The number of carbonyl (C=O) groups excluding carboxylic acids is 1. The first-order chi connectivity index (χ1) is 16.7. The minimum Gasteiger partial charge on any atom is -0.335 e. The van der Waals surface area contributed by atoms with Crippen molar-refractivity contribution in [3.8, 4) is 22.6 Å². The Morgan fingerprint density at radius 3 is 2.74 bits per heavy atom. The molecule has 4 aromatic heterocycles. The van der Waals surface area contributed by atoms with Gasteiger partial charge in [-0.15, -0.1) is 0 Å². The van der Waals surface area contributed by atoms with Gasteiger partial charge < -0.3 is 10.3 Å². The zero-order valence-electron chi connectivity index (χ0n) is 18.3. The number of hydrazine groups is 1. The number of amides is 1. The number of nitrogens with one attached hydrogen (secondary N) is 3. The molecule has 0 saturated carbocycles. The van der Waals surface area contributed by atoms with Gasteiger partial charge in [0.2, 0.25) is 0 Å². The average Bonchev–Trinajstić information content (AvgIpc) is 3.52. The van der Waals surface area contributed by atoms with E-state index in [1.165, 1.54) is 5.01 Å². The van der Waals surface area contributed by atoms with Crippen LogP contribution in [0.25, 0.3) is 44.6 Å². The van der Waals surface area contributed by atoms with Crippen LogP contribution in [-0.2, 0) is 0 Å². The maximum Gasteiger partial charge on any atom is 0.269 e. The molecule has 1 aliphatic rings. The van der Waals surface area contributed by atoms with Crippen LogP contribution in [0.4, 0.5) is 0 Å². The van der Waals surface area contributed by atoms with Gasteiger partial charge in [0.15, 0.2) is 5.82 Å². The second-order valence-corrected chi connectivity index (χ2v) is 8.47. The Kier molecular flexibility index (Phi) is 5.01. The van der Waals surface area contributed by atoms with Crippen molar-refractivity contribution in [2.24, 2.45) is 5.84 Å². The number of piperidine rings is 1. The van der Waals surface area contributed by atoms with Gasteiger partial charge in [-0.05, 0) is 55.8 Å². The average molecular weight is 454 g/mol. The van der Waals surface area contributed by atoms with Crippen LogP contribution in [0, 0.1) is 0 Å². The number of hydrogen-bond donors (Lipinski definition) is 4. The van der Waals surface area contributed by atoms with E-state index >= 15 is 0 Å². The lowest BCUT2D eigenvalue weighted by atomic mass is 10.0. The Hall–Kier alpha value is -4.15. The molecule has 1 saturated heterocycles. The zero-order chi connectivity index (χ0) is 23.1. The molecule has 34 heavy (non-hydrogen) atoms. The summed E-state index contributed by atoms with van der Waals surface area (Å²) >= 11 is 0. The molecule has 0 radical (unpaired) electrons. The van der Waals surface area contributed by atoms with Gasteiger partial charge in [-0.3, -0.25) is 24.9 Å². The normalized spacial score (nSPS) is 14.6. The van der Waals surface area contributed by atoms with E-state index in [4.69, 9.17) is 5.84 Å². The minimum absolute atomic E-state index is 0.0289. The van der Waals surface area contributed by atoms with Gasteiger partial charge >= 0.3 is 0 Å². The molecule has 5 heterocycles. The second kappa shape index (κ2) is 8.32. The number of imidazole rings is 1. The summed E-state index contributed by atoms with van der Waals surface area (Å²) in [6.45, 7) is 1.72. The van der Waals surface area contributed by atoms with Gasteiger partial charge in [-0.2, -0.15) is 5.10 Å². The van der Waals surface area contributed by atoms with Crippen molar-refractivity contribution < 1.29 is 4.79 Å². The van der Waals surface area contributed by atoms with Crippen LogP contribution in [0.1, 0.15) is 23.2 Å². The molecule has 170 valence electrons. The quantitative estimate of drug-likeness (QED) is 0.186. The van der Waals surface area contributed by atoms with Crippen LogP contribution in [0.3, 0.4) is 0 Å². The van der Waals surface area contributed by atoms with Gasteiger partial charge in [-0.25, -0.2) is 10.8 Å². The summed E-state index contributed by atoms with van der Waals surface area (Å²) in [6, 6.07) is 9.69. The number of hydrogen-bond acceptors (Lipinski definition) is 7. The van der Waals surface area contributed by atoms with Gasteiger partial charge in [0.05, 0.1) is 34.4 Å². The molecule has 0 aliphatic carbocycles. The molecule has 10 nitrogen and oxygen atoms in total. The van der Waals surface area contributed by atoms with Crippen molar-refractivity contribution in [3.05, 3.63) is 60.7 Å². The fraction of sp³-hybridized carbons (Fsp3) is 0.208. The summed E-state index contributed by atoms with van der Waals surface area (Å²) in [5.74, 6) is 6.63.